The molecule has 3 nitrogen and oxygen atoms in total. The molecule has 1 aromatic carbocycles. The van der Waals surface area contributed by atoms with Crippen molar-refractivity contribution >= 4 is 11.8 Å². The Bertz CT molecular complexity index is 507. The van der Waals surface area contributed by atoms with Crippen LogP contribution < -0.4 is 5.32 Å². The van der Waals surface area contributed by atoms with E-state index in [1.165, 1.54) is 11.1 Å². The first-order valence-corrected chi connectivity index (χ1v) is 6.93. The van der Waals surface area contributed by atoms with E-state index in [9.17, 15) is 9.59 Å². The molecule has 1 aliphatic rings. The Kier molecular flexibility index (Phi) is 4.03. The van der Waals surface area contributed by atoms with E-state index in [0.717, 1.165) is 18.4 Å². The van der Waals surface area contributed by atoms with E-state index >= 15 is 0 Å². The Balaban J connectivity index is 2.40. The molecule has 19 heavy (non-hydrogen) atoms. The van der Waals surface area contributed by atoms with Gasteiger partial charge < -0.3 is 0 Å². The minimum atomic E-state index is -0.150. The highest BCUT2D eigenvalue weighted by Crippen LogP contribution is 2.36. The van der Waals surface area contributed by atoms with Gasteiger partial charge in [-0.2, -0.15) is 0 Å². The number of hydrogen-bond donors (Lipinski definition) is 1. The maximum absolute atomic E-state index is 12.0. The Morgan fingerprint density at radius 3 is 2.68 bits per heavy atom. The fourth-order valence-electron chi connectivity index (χ4n) is 2.94. The number of nitrogens with one attached hydrogen (secondary N) is 1. The van der Waals surface area contributed by atoms with Crippen molar-refractivity contribution in [1.82, 2.24) is 5.32 Å². The fraction of sp³-hybridized carbons (Fsp3) is 0.500. The molecule has 1 aliphatic heterocycles. The largest absolute Gasteiger partial charge is 0.296 e. The van der Waals surface area contributed by atoms with Crippen LogP contribution in [0.1, 0.15) is 48.8 Å². The van der Waals surface area contributed by atoms with Crippen LogP contribution in [0.5, 0.6) is 0 Å². The lowest BCUT2D eigenvalue weighted by atomic mass is 9.76. The van der Waals surface area contributed by atoms with Crippen molar-refractivity contribution in [2.24, 2.45) is 5.92 Å². The molecule has 2 unspecified atom stereocenters. The van der Waals surface area contributed by atoms with Gasteiger partial charge in [-0.1, -0.05) is 37.1 Å². The van der Waals surface area contributed by atoms with Gasteiger partial charge in [-0.25, -0.2) is 0 Å². The molecule has 0 bridgehead atoms. The minimum Gasteiger partial charge on any atom is -0.296 e. The maximum atomic E-state index is 12.0. The monoisotopic (exact) mass is 259 g/mol. The van der Waals surface area contributed by atoms with Crippen molar-refractivity contribution in [3.63, 3.8) is 0 Å². The number of aryl methyl sites for hydroxylation is 2. The summed E-state index contributed by atoms with van der Waals surface area (Å²) in [6.45, 7) is 6.17. The van der Waals surface area contributed by atoms with Crippen LogP contribution in [0, 0.1) is 19.8 Å². The molecular formula is C16H21NO2. The van der Waals surface area contributed by atoms with E-state index in [4.69, 9.17) is 0 Å². The third-order valence-corrected chi connectivity index (χ3v) is 3.92. The van der Waals surface area contributed by atoms with Gasteiger partial charge in [-0.15, -0.1) is 0 Å². The average molecular weight is 259 g/mol. The molecule has 2 amide bonds. The van der Waals surface area contributed by atoms with E-state index in [0.29, 0.717) is 6.42 Å². The van der Waals surface area contributed by atoms with Crippen LogP contribution in [0.2, 0.25) is 0 Å². The molecule has 1 heterocycles. The molecular weight excluding hydrogens is 238 g/mol. The van der Waals surface area contributed by atoms with Gasteiger partial charge in [0.1, 0.15) is 0 Å². The van der Waals surface area contributed by atoms with E-state index in [-0.39, 0.29) is 23.7 Å². The molecule has 1 N–H and O–H groups in total. The van der Waals surface area contributed by atoms with E-state index in [1.54, 1.807) is 0 Å². The summed E-state index contributed by atoms with van der Waals surface area (Å²) in [5, 5.41) is 2.47. The highest BCUT2D eigenvalue weighted by atomic mass is 16.2. The third kappa shape index (κ3) is 2.86. The second-order valence-corrected chi connectivity index (χ2v) is 5.48. The van der Waals surface area contributed by atoms with Gasteiger partial charge in [0.2, 0.25) is 11.8 Å². The lowest BCUT2D eigenvalue weighted by Gasteiger charge is -2.31. The van der Waals surface area contributed by atoms with Crippen LogP contribution >= 0.6 is 0 Å². The van der Waals surface area contributed by atoms with Crippen LogP contribution in [0.3, 0.4) is 0 Å². The summed E-state index contributed by atoms with van der Waals surface area (Å²) >= 11 is 0. The van der Waals surface area contributed by atoms with Gasteiger partial charge in [0.25, 0.3) is 0 Å². The summed E-state index contributed by atoms with van der Waals surface area (Å²) < 4.78 is 0. The number of carbonyl (C=O) groups excluding carboxylic acids is 2. The van der Waals surface area contributed by atoms with Crippen LogP contribution in [0.25, 0.3) is 0 Å². The standard InChI is InChI=1S/C16H21NO2/c1-4-5-12-14(9-15(18)17-16(12)19)13-8-10(2)6-7-11(13)3/h6-8,12,14H,4-5,9H2,1-3H3,(H,17,18,19). The van der Waals surface area contributed by atoms with Gasteiger partial charge in [-0.05, 0) is 31.4 Å². The third-order valence-electron chi connectivity index (χ3n) is 3.92. The Morgan fingerprint density at radius 1 is 1.26 bits per heavy atom. The van der Waals surface area contributed by atoms with E-state index in [2.05, 4.69) is 37.4 Å². The highest BCUT2D eigenvalue weighted by Gasteiger charge is 2.36. The smallest absolute Gasteiger partial charge is 0.230 e. The van der Waals surface area contributed by atoms with Crippen molar-refractivity contribution in [3.05, 3.63) is 34.9 Å². The highest BCUT2D eigenvalue weighted by molar-refractivity contribution is 5.99. The Hall–Kier alpha value is -1.64. The summed E-state index contributed by atoms with van der Waals surface area (Å²) in [7, 11) is 0. The quantitative estimate of drug-likeness (QED) is 0.848. The summed E-state index contributed by atoms with van der Waals surface area (Å²) in [6, 6.07) is 6.26. The normalized spacial score (nSPS) is 23.3. The predicted octanol–water partition coefficient (Wildman–Crippen LogP) is 2.85. The van der Waals surface area contributed by atoms with Crippen LogP contribution in [0.15, 0.2) is 18.2 Å². The molecule has 0 radical (unpaired) electrons. The predicted molar refractivity (Wildman–Crippen MR) is 74.8 cm³/mol. The minimum absolute atomic E-state index is 0.0288. The van der Waals surface area contributed by atoms with Gasteiger partial charge >= 0.3 is 0 Å². The zero-order chi connectivity index (χ0) is 14.0. The number of piperidine rings is 1. The van der Waals surface area contributed by atoms with Gasteiger partial charge in [-0.3, -0.25) is 14.9 Å². The van der Waals surface area contributed by atoms with E-state index < -0.39 is 0 Å². The summed E-state index contributed by atoms with van der Waals surface area (Å²) in [4.78, 5) is 23.7. The number of amides is 2. The number of carbonyl (C=O) groups is 2. The molecule has 102 valence electrons. The molecule has 0 saturated carbocycles. The lowest BCUT2D eigenvalue weighted by molar-refractivity contribution is -0.137. The zero-order valence-corrected chi connectivity index (χ0v) is 11.8. The van der Waals surface area contributed by atoms with Gasteiger partial charge in [0.05, 0.1) is 0 Å². The molecule has 1 aromatic rings. The first-order valence-electron chi connectivity index (χ1n) is 6.93. The molecule has 1 fully saturated rings. The van der Waals surface area contributed by atoms with Gasteiger partial charge in [0.15, 0.2) is 0 Å². The molecule has 0 aliphatic carbocycles. The molecule has 2 atom stereocenters. The van der Waals surface area contributed by atoms with E-state index in [1.807, 2.05) is 6.92 Å². The lowest BCUT2D eigenvalue weighted by Crippen LogP contribution is -2.44. The molecule has 2 rings (SSSR count). The van der Waals surface area contributed by atoms with Crippen LogP contribution in [-0.4, -0.2) is 11.8 Å². The summed E-state index contributed by atoms with van der Waals surface area (Å²) in [5.41, 5.74) is 3.50. The molecule has 3 heteroatoms. The number of hydrogen-bond acceptors (Lipinski definition) is 2. The Labute approximate surface area is 114 Å². The van der Waals surface area contributed by atoms with Crippen molar-refractivity contribution in [3.8, 4) is 0 Å². The van der Waals surface area contributed by atoms with Crippen molar-refractivity contribution in [1.29, 1.82) is 0 Å². The van der Waals surface area contributed by atoms with Crippen LogP contribution in [0.4, 0.5) is 0 Å². The molecule has 1 saturated heterocycles. The summed E-state index contributed by atoms with van der Waals surface area (Å²) in [6.07, 6.45) is 2.20. The number of benzene rings is 1. The zero-order valence-electron chi connectivity index (χ0n) is 11.8. The van der Waals surface area contributed by atoms with Gasteiger partial charge in [0, 0.05) is 18.3 Å². The second-order valence-electron chi connectivity index (χ2n) is 5.48. The second kappa shape index (κ2) is 5.55. The van der Waals surface area contributed by atoms with Crippen molar-refractivity contribution in [2.75, 3.05) is 0 Å². The summed E-state index contributed by atoms with van der Waals surface area (Å²) in [5.74, 6) is -0.309. The molecule has 0 spiro atoms. The first kappa shape index (κ1) is 13.8. The SMILES string of the molecule is CCCC1C(=O)NC(=O)CC1c1cc(C)ccc1C. The molecule has 0 aromatic heterocycles. The Morgan fingerprint density at radius 2 is 2.00 bits per heavy atom. The topological polar surface area (TPSA) is 46.2 Å². The fourth-order valence-corrected chi connectivity index (χ4v) is 2.94. The van der Waals surface area contributed by atoms with Crippen molar-refractivity contribution < 1.29 is 9.59 Å². The average Bonchev–Trinajstić information content (AvgIpc) is 2.35. The van der Waals surface area contributed by atoms with Crippen LogP contribution in [-0.2, 0) is 9.59 Å². The van der Waals surface area contributed by atoms with Crippen molar-refractivity contribution in [2.45, 2.75) is 46.0 Å². The first-order chi connectivity index (χ1) is 9.02. The number of rotatable bonds is 3. The maximum Gasteiger partial charge on any atom is 0.230 e. The number of imide groups is 1.